The second kappa shape index (κ2) is 6.43. The van der Waals surface area contributed by atoms with E-state index in [1.54, 1.807) is 7.11 Å². The van der Waals surface area contributed by atoms with Gasteiger partial charge in [0.25, 0.3) is 0 Å². The first-order valence-corrected chi connectivity index (χ1v) is 5.78. The summed E-state index contributed by atoms with van der Waals surface area (Å²) in [4.78, 5) is 2.38. The number of nitrogens with two attached hydrogens (primary N) is 1. The predicted molar refractivity (Wildman–Crippen MR) is 60.9 cm³/mol. The highest BCUT2D eigenvalue weighted by Gasteiger charge is 2.30. The van der Waals surface area contributed by atoms with E-state index in [0.717, 1.165) is 32.8 Å². The minimum Gasteiger partial charge on any atom is -0.383 e. The Kier molecular flexibility index (Phi) is 5.53. The van der Waals surface area contributed by atoms with Gasteiger partial charge in [-0.3, -0.25) is 4.90 Å². The molecule has 0 aromatic heterocycles. The van der Waals surface area contributed by atoms with Crippen molar-refractivity contribution in [3.05, 3.63) is 0 Å². The molecule has 0 saturated carbocycles. The van der Waals surface area contributed by atoms with Gasteiger partial charge in [0.05, 0.1) is 13.2 Å². The van der Waals surface area contributed by atoms with Crippen LogP contribution in [-0.2, 0) is 9.47 Å². The summed E-state index contributed by atoms with van der Waals surface area (Å²) in [6.07, 6.45) is 0.959. The van der Waals surface area contributed by atoms with Crippen LogP contribution in [0.3, 0.4) is 0 Å². The van der Waals surface area contributed by atoms with Crippen LogP contribution in [0, 0.1) is 0 Å². The molecule has 0 aromatic carbocycles. The first-order valence-electron chi connectivity index (χ1n) is 5.78. The lowest BCUT2D eigenvalue weighted by Crippen LogP contribution is -2.56. The van der Waals surface area contributed by atoms with Gasteiger partial charge >= 0.3 is 0 Å². The summed E-state index contributed by atoms with van der Waals surface area (Å²) in [6.45, 7) is 7.63. The molecule has 90 valence electrons. The van der Waals surface area contributed by atoms with Crippen LogP contribution in [0.1, 0.15) is 20.3 Å². The smallest absolute Gasteiger partial charge is 0.0637 e. The fraction of sp³-hybridized carbons (Fsp3) is 1.00. The van der Waals surface area contributed by atoms with E-state index < -0.39 is 0 Å². The maximum atomic E-state index is 6.13. The first kappa shape index (κ1) is 12.9. The molecule has 0 radical (unpaired) electrons. The van der Waals surface area contributed by atoms with Gasteiger partial charge in [0.2, 0.25) is 0 Å². The predicted octanol–water partition coefficient (Wildman–Crippen LogP) is 0.459. The van der Waals surface area contributed by atoms with Crippen LogP contribution in [0.25, 0.3) is 0 Å². The highest BCUT2D eigenvalue weighted by atomic mass is 16.5. The van der Waals surface area contributed by atoms with Crippen LogP contribution in [-0.4, -0.2) is 56.5 Å². The van der Waals surface area contributed by atoms with E-state index in [2.05, 4.69) is 18.7 Å². The molecule has 2 N–H and O–H groups in total. The molecule has 1 fully saturated rings. The molecule has 1 aliphatic heterocycles. The standard InChI is InChI=1S/C11H24N2O2/c1-4-13(9(2)7-14-3)11-8-15-6-5-10(11)12/h9-11H,4-8,12H2,1-3H3. The first-order chi connectivity index (χ1) is 7.20. The molecule has 1 heterocycles. The zero-order valence-electron chi connectivity index (χ0n) is 10.1. The second-order valence-electron chi connectivity index (χ2n) is 4.23. The fourth-order valence-corrected chi connectivity index (χ4v) is 2.29. The zero-order valence-corrected chi connectivity index (χ0v) is 10.1. The van der Waals surface area contributed by atoms with Crippen LogP contribution in [0.15, 0.2) is 0 Å². The Morgan fingerprint density at radius 3 is 2.87 bits per heavy atom. The van der Waals surface area contributed by atoms with Crippen molar-refractivity contribution in [2.24, 2.45) is 5.73 Å². The molecule has 4 nitrogen and oxygen atoms in total. The van der Waals surface area contributed by atoms with Gasteiger partial charge in [-0.25, -0.2) is 0 Å². The minimum atomic E-state index is 0.234. The van der Waals surface area contributed by atoms with Crippen LogP contribution < -0.4 is 5.73 Å². The third-order valence-corrected chi connectivity index (χ3v) is 3.14. The Morgan fingerprint density at radius 2 is 2.33 bits per heavy atom. The highest BCUT2D eigenvalue weighted by molar-refractivity contribution is 4.86. The lowest BCUT2D eigenvalue weighted by Gasteiger charge is -2.40. The van der Waals surface area contributed by atoms with E-state index in [1.807, 2.05) is 0 Å². The second-order valence-corrected chi connectivity index (χ2v) is 4.23. The lowest BCUT2D eigenvalue weighted by molar-refractivity contribution is -0.0198. The number of likely N-dealkylation sites (N-methyl/N-ethyl adjacent to an activating group) is 1. The number of hydrogen-bond donors (Lipinski definition) is 1. The molecule has 1 rings (SSSR count). The van der Waals surface area contributed by atoms with Gasteiger partial charge in [-0.2, -0.15) is 0 Å². The van der Waals surface area contributed by atoms with Crippen molar-refractivity contribution in [3.8, 4) is 0 Å². The summed E-state index contributed by atoms with van der Waals surface area (Å²) in [6, 6.07) is 0.977. The Morgan fingerprint density at radius 1 is 1.60 bits per heavy atom. The number of methoxy groups -OCH3 is 1. The Hall–Kier alpha value is -0.160. The molecular weight excluding hydrogens is 192 g/mol. The SMILES string of the molecule is CCN(C(C)COC)C1COCCC1N. The van der Waals surface area contributed by atoms with Crippen molar-refractivity contribution < 1.29 is 9.47 Å². The third kappa shape index (κ3) is 3.41. The average molecular weight is 216 g/mol. The number of rotatable bonds is 5. The topological polar surface area (TPSA) is 47.7 Å². The van der Waals surface area contributed by atoms with Crippen molar-refractivity contribution in [2.75, 3.05) is 33.5 Å². The highest BCUT2D eigenvalue weighted by Crippen LogP contribution is 2.15. The lowest BCUT2D eigenvalue weighted by atomic mass is 10.0. The molecule has 15 heavy (non-hydrogen) atoms. The summed E-state index contributed by atoms with van der Waals surface area (Å²) in [5.74, 6) is 0. The van der Waals surface area contributed by atoms with E-state index >= 15 is 0 Å². The molecule has 0 amide bonds. The van der Waals surface area contributed by atoms with Crippen molar-refractivity contribution in [2.45, 2.75) is 38.4 Å². The number of hydrogen-bond acceptors (Lipinski definition) is 4. The van der Waals surface area contributed by atoms with Gasteiger partial charge in [-0.15, -0.1) is 0 Å². The number of nitrogens with zero attached hydrogens (tertiary/aromatic N) is 1. The maximum Gasteiger partial charge on any atom is 0.0637 e. The Labute approximate surface area is 92.7 Å². The largest absolute Gasteiger partial charge is 0.383 e. The Balaban J connectivity index is 2.54. The molecule has 1 saturated heterocycles. The molecule has 1 aliphatic rings. The van der Waals surface area contributed by atoms with E-state index in [1.165, 1.54) is 0 Å². The van der Waals surface area contributed by atoms with Crippen LogP contribution in [0.4, 0.5) is 0 Å². The van der Waals surface area contributed by atoms with Crippen LogP contribution in [0.2, 0.25) is 0 Å². The maximum absolute atomic E-state index is 6.13. The molecule has 3 unspecified atom stereocenters. The van der Waals surface area contributed by atoms with Gasteiger partial charge in [-0.05, 0) is 19.9 Å². The molecule has 4 heteroatoms. The van der Waals surface area contributed by atoms with E-state index in [4.69, 9.17) is 15.2 Å². The van der Waals surface area contributed by atoms with Gasteiger partial charge < -0.3 is 15.2 Å². The fourth-order valence-electron chi connectivity index (χ4n) is 2.29. The third-order valence-electron chi connectivity index (χ3n) is 3.14. The zero-order chi connectivity index (χ0) is 11.3. The summed E-state index contributed by atoms with van der Waals surface area (Å²) in [5.41, 5.74) is 6.13. The van der Waals surface area contributed by atoms with Crippen LogP contribution >= 0.6 is 0 Å². The van der Waals surface area contributed by atoms with Gasteiger partial charge in [0, 0.05) is 31.8 Å². The molecule has 0 spiro atoms. The quantitative estimate of drug-likeness (QED) is 0.725. The van der Waals surface area contributed by atoms with E-state index in [9.17, 15) is 0 Å². The molecule has 3 atom stereocenters. The summed E-state index contributed by atoms with van der Waals surface area (Å²) in [5, 5.41) is 0. The van der Waals surface area contributed by atoms with E-state index in [-0.39, 0.29) is 6.04 Å². The average Bonchev–Trinajstić information content (AvgIpc) is 2.22. The van der Waals surface area contributed by atoms with E-state index in [0.29, 0.717) is 12.1 Å². The van der Waals surface area contributed by atoms with Gasteiger partial charge in [-0.1, -0.05) is 6.92 Å². The minimum absolute atomic E-state index is 0.234. The van der Waals surface area contributed by atoms with Crippen molar-refractivity contribution >= 4 is 0 Å². The molecule has 0 bridgehead atoms. The molecular formula is C11H24N2O2. The van der Waals surface area contributed by atoms with Crippen molar-refractivity contribution in [1.29, 1.82) is 0 Å². The summed E-state index contributed by atoms with van der Waals surface area (Å²) < 4.78 is 10.7. The van der Waals surface area contributed by atoms with Crippen molar-refractivity contribution in [3.63, 3.8) is 0 Å². The van der Waals surface area contributed by atoms with Gasteiger partial charge in [0.15, 0.2) is 0 Å². The Bertz CT molecular complexity index is 178. The normalized spacial score (nSPS) is 29.4. The number of ether oxygens (including phenoxy) is 2. The molecule has 0 aliphatic carbocycles. The monoisotopic (exact) mass is 216 g/mol. The van der Waals surface area contributed by atoms with Crippen molar-refractivity contribution in [1.82, 2.24) is 4.90 Å². The summed E-state index contributed by atoms with van der Waals surface area (Å²) >= 11 is 0. The molecule has 0 aromatic rings. The summed E-state index contributed by atoms with van der Waals surface area (Å²) in [7, 11) is 1.74. The van der Waals surface area contributed by atoms with Gasteiger partial charge in [0.1, 0.15) is 0 Å². The van der Waals surface area contributed by atoms with Crippen LogP contribution in [0.5, 0.6) is 0 Å².